The maximum absolute atomic E-state index is 12.3. The fourth-order valence-electron chi connectivity index (χ4n) is 8.64. The molecule has 2 aromatic carbocycles. The summed E-state index contributed by atoms with van der Waals surface area (Å²) in [6.07, 6.45) is 9.84. The number of aliphatic imine (C=N–C) groups is 2. The van der Waals surface area contributed by atoms with Gasteiger partial charge in [0.25, 0.3) is 0 Å². The van der Waals surface area contributed by atoms with Crippen LogP contribution in [0.15, 0.2) is 80.0 Å². The molecular formula is C49H68N4O12S. The van der Waals surface area contributed by atoms with Gasteiger partial charge in [0.2, 0.25) is 17.5 Å². The molecule has 5 rings (SSSR count). The molecule has 1 heterocycles. The van der Waals surface area contributed by atoms with E-state index < -0.39 is 34.7 Å². The summed E-state index contributed by atoms with van der Waals surface area (Å²) in [5.41, 5.74) is 1.92. The molecule has 4 N–H and O–H groups in total. The van der Waals surface area contributed by atoms with E-state index >= 15 is 0 Å². The van der Waals surface area contributed by atoms with Gasteiger partial charge in [-0.1, -0.05) is 65.7 Å². The molecule has 0 spiro atoms. The van der Waals surface area contributed by atoms with Crippen molar-refractivity contribution < 1.29 is 56.9 Å². The number of rotatable bonds is 19. The van der Waals surface area contributed by atoms with E-state index in [4.69, 9.17) is 14.6 Å². The van der Waals surface area contributed by atoms with Crippen molar-refractivity contribution in [2.45, 2.75) is 97.4 Å². The van der Waals surface area contributed by atoms with Gasteiger partial charge in [-0.15, -0.1) is 0 Å². The summed E-state index contributed by atoms with van der Waals surface area (Å²) in [5.74, 6) is -0.0607. The zero-order chi connectivity index (χ0) is 49.1. The van der Waals surface area contributed by atoms with Crippen LogP contribution < -0.4 is 14.8 Å². The summed E-state index contributed by atoms with van der Waals surface area (Å²) in [4.78, 5) is 40.6. The molecule has 2 unspecified atom stereocenters. The third-order valence-corrected chi connectivity index (χ3v) is 12.6. The Morgan fingerprint density at radius 3 is 2.20 bits per heavy atom. The monoisotopic (exact) mass is 936 g/mol. The number of hydrogen-bond acceptors (Lipinski definition) is 15. The Bertz CT molecular complexity index is 2450. The summed E-state index contributed by atoms with van der Waals surface area (Å²) in [6.45, 7) is 14.2. The fourth-order valence-corrected chi connectivity index (χ4v) is 9.32. The minimum atomic E-state index is -4.75. The number of fused-ring (bicyclic) bond motifs is 2. The fraction of sp³-hybridized carbons (Fsp3) is 0.551. The number of carbonyl (C=O) groups is 1. The van der Waals surface area contributed by atoms with Crippen molar-refractivity contribution >= 4 is 44.9 Å². The number of esters is 1. The van der Waals surface area contributed by atoms with Crippen LogP contribution in [0.5, 0.6) is 0 Å². The zero-order valence-electron chi connectivity index (χ0n) is 39.4. The van der Waals surface area contributed by atoms with Gasteiger partial charge in [0.05, 0.1) is 50.5 Å². The molecule has 1 saturated carbocycles. The predicted molar refractivity (Wildman–Crippen MR) is 252 cm³/mol. The number of anilines is 1. The normalized spacial score (nSPS) is 17.2. The Labute approximate surface area is 388 Å². The Morgan fingerprint density at radius 1 is 0.924 bits per heavy atom. The van der Waals surface area contributed by atoms with Gasteiger partial charge in [0.15, 0.2) is 6.54 Å². The molecule has 0 aromatic heterocycles. The number of aliphatic hydroxyl groups is 4. The highest BCUT2D eigenvalue weighted by Crippen LogP contribution is 2.47. The largest absolute Gasteiger partial charge is 0.744 e. The summed E-state index contributed by atoms with van der Waals surface area (Å²) in [6, 6.07) is 17.7. The van der Waals surface area contributed by atoms with E-state index in [0.29, 0.717) is 53.1 Å². The van der Waals surface area contributed by atoms with Crippen LogP contribution in [0.1, 0.15) is 86.5 Å². The first-order valence-corrected chi connectivity index (χ1v) is 23.8. The van der Waals surface area contributed by atoms with Crippen LogP contribution in [0.3, 0.4) is 0 Å². The highest BCUT2D eigenvalue weighted by atomic mass is 32.2. The van der Waals surface area contributed by atoms with Crippen molar-refractivity contribution in [3.63, 3.8) is 0 Å². The maximum atomic E-state index is 12.3. The number of isocyanates is 2. The van der Waals surface area contributed by atoms with Gasteiger partial charge >= 0.3 is 5.97 Å². The van der Waals surface area contributed by atoms with Gasteiger partial charge in [-0.2, -0.15) is 0 Å². The molecule has 2 atom stereocenters. The summed E-state index contributed by atoms with van der Waals surface area (Å²) < 4.78 is 49.8. The summed E-state index contributed by atoms with van der Waals surface area (Å²) in [5, 5.41) is 38.1. The molecule has 1 fully saturated rings. The highest BCUT2D eigenvalue weighted by Gasteiger charge is 2.41. The van der Waals surface area contributed by atoms with Gasteiger partial charge < -0.3 is 39.0 Å². The molecule has 0 saturated heterocycles. The first-order valence-electron chi connectivity index (χ1n) is 22.3. The van der Waals surface area contributed by atoms with E-state index in [-0.39, 0.29) is 35.0 Å². The lowest BCUT2D eigenvalue weighted by Crippen LogP contribution is -2.39. The summed E-state index contributed by atoms with van der Waals surface area (Å²) >= 11 is 0. The van der Waals surface area contributed by atoms with Crippen molar-refractivity contribution in [1.82, 2.24) is 4.58 Å². The van der Waals surface area contributed by atoms with Crippen molar-refractivity contribution in [3.8, 4) is 22.5 Å². The lowest BCUT2D eigenvalue weighted by Gasteiger charge is -2.44. The molecule has 362 valence electrons. The molecule has 0 radical (unpaired) electrons. The molecule has 17 heteroatoms. The Hall–Kier alpha value is -5.09. The van der Waals surface area contributed by atoms with Gasteiger partial charge in [-0.3, -0.25) is 4.79 Å². The van der Waals surface area contributed by atoms with Crippen LogP contribution in [-0.4, -0.2) is 124 Å². The van der Waals surface area contributed by atoms with Crippen molar-refractivity contribution in [2.24, 2.45) is 26.2 Å². The van der Waals surface area contributed by atoms with Gasteiger partial charge in [0.1, 0.15) is 40.0 Å². The third kappa shape index (κ3) is 15.2. The molecule has 16 nitrogen and oxygen atoms in total. The topological polar surface area (TPSA) is 243 Å². The zero-order valence-corrected chi connectivity index (χ0v) is 40.2. The molecule has 0 bridgehead atoms. The molecule has 3 aliphatic rings. The van der Waals surface area contributed by atoms with Crippen molar-refractivity contribution in [3.05, 3.63) is 66.0 Å². The Morgan fingerprint density at radius 2 is 1.62 bits per heavy atom. The molecule has 0 amide bonds. The van der Waals surface area contributed by atoms with Gasteiger partial charge in [-0.05, 0) is 67.7 Å². The first kappa shape index (κ1) is 55.2. The van der Waals surface area contributed by atoms with Crippen LogP contribution in [-0.2, 0) is 29.2 Å². The lowest BCUT2D eigenvalue weighted by atomic mass is 9.63. The second-order valence-electron chi connectivity index (χ2n) is 18.1. The lowest BCUT2D eigenvalue weighted by molar-refractivity contribution is -0.156. The SMILES string of the molecule is CC1(C)CC(N=C=O)CC(C)(CN=C=O)C1.CCCCN(CCO)c1ccc2c(-c3ccccc3S(=O)(=O)[O-])c3ccc(=[N+](CCO)CCCC)cc-3oc2c1.COC(=O)C(C)(CO)CO. The molecule has 1 aliphatic heterocycles. The Balaban J connectivity index is 0.000000363. The third-order valence-electron chi connectivity index (χ3n) is 11.7. The number of aliphatic hydroxyl groups excluding tert-OH is 4. The number of methoxy groups -OCH3 is 1. The van der Waals surface area contributed by atoms with Crippen LogP contribution in [0.2, 0.25) is 0 Å². The van der Waals surface area contributed by atoms with Crippen molar-refractivity contribution in [2.75, 3.05) is 71.2 Å². The standard InChI is InChI=1S/C31H38N2O6S.C12H18N2O2.C6H12O4/c1-3-5-15-32(17-19-34)23-11-13-25-28(21-23)39-29-22-24(33(18-20-35)16-6-4-2)12-14-26(29)31(25)27-9-7-8-10-30(27)40(36,37)38;1-11(2)4-10(14-9-16)5-12(3,6-11)7-13-8-15;1-6(3-7,4-8)5(9)10-2/h7-14,21-22,34-35H,3-6,15-20H2,1-2H3;10H,4-7H2,1-3H3;7-8H,3-4H2,1-2H3. The van der Waals surface area contributed by atoms with Gasteiger partial charge in [0, 0.05) is 59.4 Å². The minimum Gasteiger partial charge on any atom is -0.744 e. The van der Waals surface area contributed by atoms with E-state index in [9.17, 15) is 37.6 Å². The average molecular weight is 937 g/mol. The molecular weight excluding hydrogens is 869 g/mol. The maximum Gasteiger partial charge on any atom is 0.316 e. The Kier molecular flexibility index (Phi) is 21.5. The quantitative estimate of drug-likeness (QED) is 0.0222. The average Bonchev–Trinajstić information content (AvgIpc) is 3.29. The number of unbranched alkanes of at least 4 members (excludes halogenated alkanes) is 2. The first-order chi connectivity index (χ1) is 31.3. The minimum absolute atomic E-state index is 0.00750. The number of nitrogens with zero attached hydrogens (tertiary/aromatic N) is 4. The van der Waals surface area contributed by atoms with Gasteiger partial charge in [-0.25, -0.2) is 32.6 Å². The van der Waals surface area contributed by atoms with E-state index in [1.54, 1.807) is 30.4 Å². The van der Waals surface area contributed by atoms with E-state index in [1.807, 2.05) is 36.4 Å². The predicted octanol–water partition coefficient (Wildman–Crippen LogP) is 5.67. The number of benzene rings is 3. The summed E-state index contributed by atoms with van der Waals surface area (Å²) in [7, 11) is -3.54. The smallest absolute Gasteiger partial charge is 0.316 e. The number of carbonyl (C=O) groups excluding carboxylic acids is 3. The molecule has 66 heavy (non-hydrogen) atoms. The van der Waals surface area contributed by atoms with E-state index in [2.05, 4.69) is 58.8 Å². The number of hydrogen-bond donors (Lipinski definition) is 4. The molecule has 2 aliphatic carbocycles. The second kappa shape index (κ2) is 25.7. The van der Waals surface area contributed by atoms with Crippen LogP contribution in [0.4, 0.5) is 5.69 Å². The highest BCUT2D eigenvalue weighted by molar-refractivity contribution is 7.85. The van der Waals surface area contributed by atoms with Crippen LogP contribution >= 0.6 is 0 Å². The van der Waals surface area contributed by atoms with E-state index in [1.165, 1.54) is 20.1 Å². The van der Waals surface area contributed by atoms with Crippen LogP contribution in [0, 0.1) is 16.2 Å². The van der Waals surface area contributed by atoms with Crippen molar-refractivity contribution in [1.29, 1.82) is 0 Å². The number of ether oxygens (including phenoxy) is 1. The van der Waals surface area contributed by atoms with E-state index in [0.717, 1.165) is 69.1 Å². The van der Waals surface area contributed by atoms with Crippen LogP contribution in [0.25, 0.3) is 33.4 Å². The second-order valence-corrected chi connectivity index (χ2v) is 19.5. The molecule has 2 aromatic rings.